The Morgan fingerprint density at radius 2 is 2.04 bits per heavy atom. The van der Waals surface area contributed by atoms with Crippen molar-refractivity contribution in [3.8, 4) is 0 Å². The van der Waals surface area contributed by atoms with E-state index in [1.807, 2.05) is 31.2 Å². The smallest absolute Gasteiger partial charge is 0.273 e. The first-order valence-electron chi connectivity index (χ1n) is 7.43. The molecule has 0 aliphatic heterocycles. The number of aromatic nitrogens is 4. The summed E-state index contributed by atoms with van der Waals surface area (Å²) in [6.07, 6.45) is 3.69. The van der Waals surface area contributed by atoms with Crippen LogP contribution in [0, 0.1) is 6.92 Å². The van der Waals surface area contributed by atoms with Gasteiger partial charge in [0.25, 0.3) is 5.91 Å². The highest BCUT2D eigenvalue weighted by molar-refractivity contribution is 5.96. The molecule has 0 aliphatic rings. The average molecular weight is 310 g/mol. The van der Waals surface area contributed by atoms with Crippen molar-refractivity contribution in [3.63, 3.8) is 0 Å². The minimum atomic E-state index is -0.303. The Hall–Kier alpha value is -2.96. The fourth-order valence-corrected chi connectivity index (χ4v) is 2.52. The first-order chi connectivity index (χ1) is 11.2. The van der Waals surface area contributed by atoms with E-state index in [1.54, 1.807) is 0 Å². The lowest BCUT2D eigenvalue weighted by Gasteiger charge is -2.08. The molecule has 3 aromatic rings. The van der Waals surface area contributed by atoms with Crippen LogP contribution in [0.15, 0.2) is 36.7 Å². The number of anilines is 1. The van der Waals surface area contributed by atoms with Gasteiger partial charge in [-0.25, -0.2) is 15.0 Å². The van der Waals surface area contributed by atoms with Gasteiger partial charge in [-0.2, -0.15) is 0 Å². The Bertz CT molecular complexity index is 841. The van der Waals surface area contributed by atoms with E-state index in [-0.39, 0.29) is 17.4 Å². The zero-order chi connectivity index (χ0) is 16.2. The van der Waals surface area contributed by atoms with E-state index >= 15 is 0 Å². The second kappa shape index (κ2) is 6.43. The number of nitrogens with two attached hydrogens (primary N) is 1. The molecule has 0 saturated heterocycles. The molecule has 23 heavy (non-hydrogen) atoms. The zero-order valence-electron chi connectivity index (χ0n) is 12.9. The molecule has 1 amide bonds. The number of carbonyl (C=O) groups is 1. The summed E-state index contributed by atoms with van der Waals surface area (Å²) >= 11 is 0. The lowest BCUT2D eigenvalue weighted by atomic mass is 10.3. The highest BCUT2D eigenvalue weighted by Gasteiger charge is 2.11. The van der Waals surface area contributed by atoms with Gasteiger partial charge < -0.3 is 15.6 Å². The SMILES string of the molecule is Cc1nc2ccccc2n1CCCNC(=O)c1nccnc1N. The van der Waals surface area contributed by atoms with Gasteiger partial charge in [0, 0.05) is 25.5 Å². The summed E-state index contributed by atoms with van der Waals surface area (Å²) < 4.78 is 2.15. The normalized spacial score (nSPS) is 10.8. The molecule has 0 saturated carbocycles. The van der Waals surface area contributed by atoms with Gasteiger partial charge in [0.1, 0.15) is 5.82 Å². The number of hydrogen-bond donors (Lipinski definition) is 2. The van der Waals surface area contributed by atoms with Crippen LogP contribution in [0.5, 0.6) is 0 Å². The van der Waals surface area contributed by atoms with Crippen LogP contribution < -0.4 is 11.1 Å². The summed E-state index contributed by atoms with van der Waals surface area (Å²) in [5.74, 6) is 0.806. The molecule has 7 heteroatoms. The molecule has 1 aromatic carbocycles. The second-order valence-electron chi connectivity index (χ2n) is 5.20. The predicted octanol–water partition coefficient (Wildman–Crippen LogP) is 1.54. The monoisotopic (exact) mass is 310 g/mol. The maximum absolute atomic E-state index is 12.0. The number of hydrogen-bond acceptors (Lipinski definition) is 5. The van der Waals surface area contributed by atoms with Crippen molar-refractivity contribution in [1.29, 1.82) is 0 Å². The van der Waals surface area contributed by atoms with Gasteiger partial charge in [-0.1, -0.05) is 12.1 Å². The maximum Gasteiger partial charge on any atom is 0.273 e. The number of nitrogens with zero attached hydrogens (tertiary/aromatic N) is 4. The number of amides is 1. The third-order valence-corrected chi connectivity index (χ3v) is 3.63. The quantitative estimate of drug-likeness (QED) is 0.696. The average Bonchev–Trinajstić information content (AvgIpc) is 2.87. The molecule has 0 spiro atoms. The number of nitrogens with one attached hydrogen (secondary N) is 1. The molecule has 0 unspecified atom stereocenters. The minimum absolute atomic E-state index is 0.140. The van der Waals surface area contributed by atoms with Crippen LogP contribution in [-0.4, -0.2) is 32.0 Å². The Kier molecular flexibility index (Phi) is 4.18. The lowest BCUT2D eigenvalue weighted by Crippen LogP contribution is -2.27. The lowest BCUT2D eigenvalue weighted by molar-refractivity contribution is 0.0948. The highest BCUT2D eigenvalue weighted by atomic mass is 16.1. The van der Waals surface area contributed by atoms with Crippen LogP contribution in [0.25, 0.3) is 11.0 Å². The first kappa shape index (κ1) is 15.0. The van der Waals surface area contributed by atoms with Crippen molar-refractivity contribution < 1.29 is 4.79 Å². The Morgan fingerprint density at radius 3 is 2.87 bits per heavy atom. The molecule has 118 valence electrons. The Morgan fingerprint density at radius 1 is 1.26 bits per heavy atom. The summed E-state index contributed by atoms with van der Waals surface area (Å²) in [4.78, 5) is 24.3. The largest absolute Gasteiger partial charge is 0.382 e. The molecule has 7 nitrogen and oxygen atoms in total. The van der Waals surface area contributed by atoms with E-state index in [1.165, 1.54) is 12.4 Å². The molecule has 3 rings (SSSR count). The molecule has 2 heterocycles. The van der Waals surface area contributed by atoms with Crippen LogP contribution in [-0.2, 0) is 6.54 Å². The van der Waals surface area contributed by atoms with E-state index < -0.39 is 0 Å². The van der Waals surface area contributed by atoms with Crippen LogP contribution >= 0.6 is 0 Å². The fraction of sp³-hybridized carbons (Fsp3) is 0.250. The third kappa shape index (κ3) is 3.13. The van der Waals surface area contributed by atoms with E-state index in [4.69, 9.17) is 5.73 Å². The summed E-state index contributed by atoms with van der Waals surface area (Å²) in [6, 6.07) is 8.02. The zero-order valence-corrected chi connectivity index (χ0v) is 12.9. The van der Waals surface area contributed by atoms with Crippen molar-refractivity contribution in [3.05, 3.63) is 48.2 Å². The summed E-state index contributed by atoms with van der Waals surface area (Å²) in [5.41, 5.74) is 7.90. The maximum atomic E-state index is 12.0. The van der Waals surface area contributed by atoms with Crippen molar-refractivity contribution in [2.24, 2.45) is 0 Å². The number of imidazole rings is 1. The van der Waals surface area contributed by atoms with Crippen LogP contribution in [0.1, 0.15) is 22.7 Å². The fourth-order valence-electron chi connectivity index (χ4n) is 2.52. The molecule has 3 N–H and O–H groups in total. The van der Waals surface area contributed by atoms with Crippen LogP contribution in [0.3, 0.4) is 0 Å². The van der Waals surface area contributed by atoms with Crippen LogP contribution in [0.2, 0.25) is 0 Å². The van der Waals surface area contributed by atoms with Crippen molar-refractivity contribution >= 4 is 22.8 Å². The van der Waals surface area contributed by atoms with Gasteiger partial charge in [-0.15, -0.1) is 0 Å². The highest BCUT2D eigenvalue weighted by Crippen LogP contribution is 2.15. The molecule has 0 radical (unpaired) electrons. The second-order valence-corrected chi connectivity index (χ2v) is 5.20. The summed E-state index contributed by atoms with van der Waals surface area (Å²) in [7, 11) is 0. The van der Waals surface area contributed by atoms with Gasteiger partial charge in [0.05, 0.1) is 11.0 Å². The Balaban J connectivity index is 1.58. The molecule has 0 fully saturated rings. The standard InChI is InChI=1S/C16H18N6O/c1-11-21-12-5-2-3-6-13(12)22(11)10-4-7-20-16(23)14-15(17)19-9-8-18-14/h2-3,5-6,8-9H,4,7,10H2,1H3,(H2,17,19)(H,20,23). The summed E-state index contributed by atoms with van der Waals surface area (Å²) in [6.45, 7) is 3.29. The number of carbonyl (C=O) groups excluding carboxylic acids is 1. The molecule has 0 atom stereocenters. The number of aryl methyl sites for hydroxylation is 2. The van der Waals surface area contributed by atoms with Gasteiger partial charge >= 0.3 is 0 Å². The molecule has 0 aliphatic carbocycles. The molecule has 0 bridgehead atoms. The van der Waals surface area contributed by atoms with Gasteiger partial charge in [-0.3, -0.25) is 4.79 Å². The number of fused-ring (bicyclic) bond motifs is 1. The van der Waals surface area contributed by atoms with E-state index in [0.29, 0.717) is 6.54 Å². The van der Waals surface area contributed by atoms with Gasteiger partial charge in [0.15, 0.2) is 11.5 Å². The van der Waals surface area contributed by atoms with Crippen molar-refractivity contribution in [1.82, 2.24) is 24.8 Å². The minimum Gasteiger partial charge on any atom is -0.382 e. The number of benzene rings is 1. The first-order valence-corrected chi connectivity index (χ1v) is 7.43. The third-order valence-electron chi connectivity index (χ3n) is 3.63. The van der Waals surface area contributed by atoms with Crippen molar-refractivity contribution in [2.45, 2.75) is 19.9 Å². The number of rotatable bonds is 5. The predicted molar refractivity (Wildman–Crippen MR) is 87.9 cm³/mol. The number of nitrogen functional groups attached to an aromatic ring is 1. The van der Waals surface area contributed by atoms with E-state index in [2.05, 4.69) is 24.8 Å². The molecular formula is C16H18N6O. The van der Waals surface area contributed by atoms with Crippen LogP contribution in [0.4, 0.5) is 5.82 Å². The number of para-hydroxylation sites is 2. The van der Waals surface area contributed by atoms with Gasteiger partial charge in [0.2, 0.25) is 0 Å². The topological polar surface area (TPSA) is 98.7 Å². The molecule has 2 aromatic heterocycles. The van der Waals surface area contributed by atoms with E-state index in [0.717, 1.165) is 29.8 Å². The summed E-state index contributed by atoms with van der Waals surface area (Å²) in [5, 5.41) is 2.81. The van der Waals surface area contributed by atoms with Crippen molar-refractivity contribution in [2.75, 3.05) is 12.3 Å². The molecular weight excluding hydrogens is 292 g/mol. The van der Waals surface area contributed by atoms with Gasteiger partial charge in [-0.05, 0) is 25.5 Å². The Labute approximate surface area is 133 Å². The van der Waals surface area contributed by atoms with E-state index in [9.17, 15) is 4.79 Å².